The molecule has 14 heavy (non-hydrogen) atoms. The Morgan fingerprint density at radius 1 is 0.929 bits per heavy atom. The first-order chi connectivity index (χ1) is 6.36. The van der Waals surface area contributed by atoms with Crippen LogP contribution in [0.5, 0.6) is 0 Å². The minimum Gasteiger partial charge on any atom is -0.817 e. The molecular weight excluding hydrogens is 297 g/mol. The van der Waals surface area contributed by atoms with Gasteiger partial charge in [0.05, 0.1) is 0 Å². The normalized spacial score (nSPS) is 8.29. The van der Waals surface area contributed by atoms with Crippen LogP contribution in [0.4, 0.5) is 0 Å². The van der Waals surface area contributed by atoms with Crippen LogP contribution in [-0.2, 0) is 0 Å². The zero-order valence-corrected chi connectivity index (χ0v) is 11.6. The van der Waals surface area contributed by atoms with Crippen LogP contribution in [0, 0.1) is 42.5 Å². The number of benzene rings is 2. The topological polar surface area (TPSA) is 22.3 Å². The Morgan fingerprint density at radius 2 is 1.50 bits per heavy atom. The van der Waals surface area contributed by atoms with E-state index in [4.69, 9.17) is 5.41 Å². The molecule has 69 valence electrons. The molecule has 0 bridgehead atoms. The predicted octanol–water partition coefficient (Wildman–Crippen LogP) is 3.28. The second-order valence-corrected chi connectivity index (χ2v) is 2.68. The molecule has 0 unspecified atom stereocenters. The van der Waals surface area contributed by atoms with Gasteiger partial charge < -0.3 is 5.41 Å². The number of nitrogens with zero attached hydrogens (tertiary/aromatic N) is 1. The maximum atomic E-state index is 6.75. The summed E-state index contributed by atoms with van der Waals surface area (Å²) < 4.78 is 0. The van der Waals surface area contributed by atoms with Crippen molar-refractivity contribution >= 4 is 17.5 Å². The van der Waals surface area contributed by atoms with Gasteiger partial charge in [-0.15, -0.1) is 6.07 Å². The van der Waals surface area contributed by atoms with Gasteiger partial charge in [0.2, 0.25) is 0 Å². The molecule has 0 aromatic heterocycles. The van der Waals surface area contributed by atoms with Gasteiger partial charge in [0, 0.05) is 35.6 Å². The molecule has 2 aromatic carbocycles. The van der Waals surface area contributed by atoms with Crippen molar-refractivity contribution in [3.63, 3.8) is 0 Å². The summed E-state index contributed by atoms with van der Waals surface area (Å²) in [5, 5.41) is 9.29. The van der Waals surface area contributed by atoms with E-state index < -0.39 is 0 Å². The third-order valence-electron chi connectivity index (χ3n) is 1.81. The van der Waals surface area contributed by atoms with Crippen molar-refractivity contribution in [1.29, 1.82) is 0 Å². The Labute approximate surface area is 113 Å². The molecule has 2 aromatic rings. The van der Waals surface area contributed by atoms with Gasteiger partial charge in [-0.25, -0.2) is 6.72 Å². The van der Waals surface area contributed by atoms with Crippen molar-refractivity contribution in [2.45, 2.75) is 0 Å². The minimum absolute atomic E-state index is 0. The van der Waals surface area contributed by atoms with Crippen LogP contribution >= 0.6 is 0 Å². The van der Waals surface area contributed by atoms with Crippen LogP contribution in [0.2, 0.25) is 0 Å². The smallest absolute Gasteiger partial charge is 0 e. The third-order valence-corrected chi connectivity index (χ3v) is 1.81. The zero-order valence-electron chi connectivity index (χ0n) is 7.98. The van der Waals surface area contributed by atoms with E-state index in [1.165, 1.54) is 10.8 Å². The molecule has 2 rings (SSSR count). The molecule has 1 radical (unpaired) electrons. The van der Waals surface area contributed by atoms with Crippen molar-refractivity contribution in [3.8, 4) is 0 Å². The van der Waals surface area contributed by atoms with Crippen molar-refractivity contribution in [3.05, 3.63) is 60.4 Å². The molecule has 0 aliphatic rings. The van der Waals surface area contributed by atoms with E-state index in [1.54, 1.807) is 0 Å². The summed E-state index contributed by atoms with van der Waals surface area (Å²) in [6.07, 6.45) is 0. The summed E-state index contributed by atoms with van der Waals surface area (Å²) in [7, 11) is 0. The van der Waals surface area contributed by atoms with Gasteiger partial charge >= 0.3 is 0 Å². The minimum atomic E-state index is 0. The van der Waals surface area contributed by atoms with Crippen molar-refractivity contribution in [2.75, 3.05) is 0 Å². The molecule has 0 saturated heterocycles. The van der Waals surface area contributed by atoms with E-state index >= 15 is 0 Å². The van der Waals surface area contributed by atoms with E-state index in [2.05, 4.69) is 37.9 Å². The number of fused-ring (bicyclic) bond motifs is 1. The maximum Gasteiger partial charge on any atom is 0 e. The fourth-order valence-corrected chi connectivity index (χ4v) is 1.24. The van der Waals surface area contributed by atoms with Crippen molar-refractivity contribution in [1.82, 2.24) is 0 Å². The third kappa shape index (κ3) is 3.30. The quantitative estimate of drug-likeness (QED) is 0.526. The fourth-order valence-electron chi connectivity index (χ4n) is 1.24. The largest absolute Gasteiger partial charge is 0.817 e. The monoisotopic (exact) mass is 308 g/mol. The second-order valence-electron chi connectivity index (χ2n) is 2.68. The molecule has 0 N–H and O–H groups in total. The SMILES string of the molecule is C=[N-].[CH2-]c1ccc2ccccc2c1.[La]. The molecule has 2 heteroatoms. The van der Waals surface area contributed by atoms with Crippen LogP contribution in [0.3, 0.4) is 0 Å². The number of rotatable bonds is 0. The fraction of sp³-hybridized carbons (Fsp3) is 0. The summed E-state index contributed by atoms with van der Waals surface area (Å²) in [6.45, 7) is 6.12. The Bertz CT molecular complexity index is 398. The maximum absolute atomic E-state index is 6.75. The molecule has 0 atom stereocenters. The average molecular weight is 308 g/mol. The first kappa shape index (κ1) is 13.4. The molecule has 0 fully saturated rings. The molecule has 0 saturated carbocycles. The van der Waals surface area contributed by atoms with Gasteiger partial charge in [0.1, 0.15) is 0 Å². The number of hydrogen-bond acceptors (Lipinski definition) is 0. The molecule has 0 aliphatic carbocycles. The molecule has 0 aliphatic heterocycles. The summed E-state index contributed by atoms with van der Waals surface area (Å²) in [5.74, 6) is 0. The Hall–Kier alpha value is -0.565. The number of hydrogen-bond donors (Lipinski definition) is 0. The van der Waals surface area contributed by atoms with Crippen LogP contribution < -0.4 is 0 Å². The summed E-state index contributed by atoms with van der Waals surface area (Å²) in [5.41, 5.74) is 1.07. The van der Waals surface area contributed by atoms with E-state index in [0.29, 0.717) is 0 Å². The van der Waals surface area contributed by atoms with Gasteiger partial charge in [-0.05, 0) is 5.39 Å². The summed E-state index contributed by atoms with van der Waals surface area (Å²) in [4.78, 5) is 0. The van der Waals surface area contributed by atoms with Crippen LogP contribution in [0.1, 0.15) is 5.56 Å². The Balaban J connectivity index is 0.000000531. The van der Waals surface area contributed by atoms with E-state index in [9.17, 15) is 0 Å². The van der Waals surface area contributed by atoms with E-state index in [-0.39, 0.29) is 35.6 Å². The van der Waals surface area contributed by atoms with E-state index in [0.717, 1.165) is 5.56 Å². The second kappa shape index (κ2) is 6.82. The summed E-state index contributed by atoms with van der Waals surface area (Å²) >= 11 is 0. The standard InChI is InChI=1S/C11H9.CH2N.La/c1-9-6-7-10-4-2-3-5-11(10)8-9;1-2;/h2-8H,1H2;1H2;/q2*-1;. The first-order valence-electron chi connectivity index (χ1n) is 3.99. The van der Waals surface area contributed by atoms with Gasteiger partial charge in [0.15, 0.2) is 0 Å². The van der Waals surface area contributed by atoms with Crippen molar-refractivity contribution < 1.29 is 35.6 Å². The summed E-state index contributed by atoms with van der Waals surface area (Å²) in [6, 6.07) is 14.5. The van der Waals surface area contributed by atoms with Crippen LogP contribution in [-0.4, -0.2) is 6.72 Å². The van der Waals surface area contributed by atoms with Crippen molar-refractivity contribution in [2.24, 2.45) is 0 Å². The molecular formula is C12H11LaN-2. The Kier molecular flexibility index (Phi) is 6.55. The van der Waals surface area contributed by atoms with E-state index in [1.807, 2.05) is 18.2 Å². The molecule has 0 spiro atoms. The van der Waals surface area contributed by atoms with Gasteiger partial charge in [-0.1, -0.05) is 29.7 Å². The van der Waals surface area contributed by atoms with Gasteiger partial charge in [0.25, 0.3) is 0 Å². The Morgan fingerprint density at radius 3 is 2.14 bits per heavy atom. The molecule has 0 amide bonds. The van der Waals surface area contributed by atoms with Gasteiger partial charge in [-0.3, -0.25) is 0 Å². The molecule has 0 heterocycles. The predicted molar refractivity (Wildman–Crippen MR) is 58.9 cm³/mol. The average Bonchev–Trinajstić information content (AvgIpc) is 2.21. The van der Waals surface area contributed by atoms with Gasteiger partial charge in [-0.2, -0.15) is 24.6 Å². The van der Waals surface area contributed by atoms with Crippen LogP contribution in [0.25, 0.3) is 16.2 Å². The first-order valence-corrected chi connectivity index (χ1v) is 3.99. The zero-order chi connectivity index (χ0) is 9.68. The molecule has 1 nitrogen and oxygen atoms in total. The van der Waals surface area contributed by atoms with Crippen LogP contribution in [0.15, 0.2) is 42.5 Å².